The van der Waals surface area contributed by atoms with Crippen LogP contribution < -0.4 is 0 Å². The summed E-state index contributed by atoms with van der Waals surface area (Å²) in [4.78, 5) is 0. The smallest absolute Gasteiger partial charge is 0.166 e. The Kier molecular flexibility index (Phi) is 5.14. The van der Waals surface area contributed by atoms with Crippen molar-refractivity contribution in [3.63, 3.8) is 0 Å². The van der Waals surface area contributed by atoms with Crippen LogP contribution in [0.5, 0.6) is 0 Å². The van der Waals surface area contributed by atoms with Crippen LogP contribution in [0, 0.1) is 0 Å². The largest absolute Gasteiger partial charge is 0.416 e. The molecule has 0 fully saturated rings. The Morgan fingerprint density at radius 3 is 2.14 bits per heavy atom. The van der Waals surface area contributed by atoms with Gasteiger partial charge < -0.3 is 0 Å². The zero-order chi connectivity index (χ0) is 15.8. The van der Waals surface area contributed by atoms with Gasteiger partial charge in [-0.2, -0.15) is 13.2 Å². The maximum atomic E-state index is 13.1. The van der Waals surface area contributed by atoms with E-state index in [1.54, 1.807) is 0 Å². The van der Waals surface area contributed by atoms with Gasteiger partial charge >= 0.3 is 6.18 Å². The number of hydrogen-bond donors (Lipinski definition) is 0. The molecule has 0 saturated heterocycles. The van der Waals surface area contributed by atoms with Gasteiger partial charge in [-0.25, -0.2) is 0 Å². The number of rotatable bonds is 2. The number of benzene rings is 2. The topological polar surface area (TPSA) is 0 Å². The molecule has 0 N–H and O–H groups in total. The number of alkyl halides is 4. The summed E-state index contributed by atoms with van der Waals surface area (Å²) in [6, 6.07) is 8.32. The Morgan fingerprint density at radius 1 is 0.952 bits per heavy atom. The lowest BCUT2D eigenvalue weighted by molar-refractivity contribution is -0.138. The highest BCUT2D eigenvalue weighted by Gasteiger charge is 2.35. The third-order valence-corrected chi connectivity index (χ3v) is 4.36. The van der Waals surface area contributed by atoms with Gasteiger partial charge in [0.2, 0.25) is 0 Å². The molecule has 2 rings (SSSR count). The van der Waals surface area contributed by atoms with Crippen molar-refractivity contribution < 1.29 is 13.2 Å². The van der Waals surface area contributed by atoms with E-state index in [1.807, 2.05) is 0 Å². The zero-order valence-corrected chi connectivity index (χ0v) is 14.0. The second kappa shape index (κ2) is 6.37. The van der Waals surface area contributed by atoms with Gasteiger partial charge in [0, 0.05) is 14.5 Å². The molecule has 0 aromatic heterocycles. The molecule has 2 aromatic rings. The maximum Gasteiger partial charge on any atom is 0.416 e. The van der Waals surface area contributed by atoms with Gasteiger partial charge in [-0.05, 0) is 35.4 Å². The molecular weight excluding hydrogens is 411 g/mol. The minimum Gasteiger partial charge on any atom is -0.166 e. The molecule has 0 heterocycles. The first-order chi connectivity index (χ1) is 9.70. The van der Waals surface area contributed by atoms with Crippen LogP contribution >= 0.6 is 50.7 Å². The quantitative estimate of drug-likeness (QED) is 0.456. The van der Waals surface area contributed by atoms with Crippen molar-refractivity contribution in [1.82, 2.24) is 0 Å². The van der Waals surface area contributed by atoms with Gasteiger partial charge in [0.15, 0.2) is 0 Å². The van der Waals surface area contributed by atoms with Gasteiger partial charge in [0.05, 0.1) is 10.9 Å². The van der Waals surface area contributed by atoms with Gasteiger partial charge in [-0.3, -0.25) is 0 Å². The predicted octanol–water partition coefficient (Wildman–Crippen LogP) is 7.10. The SMILES string of the molecule is FC(F)(F)c1cc(Br)ccc1C(Cl)c1ccc(Cl)cc1Cl. The Balaban J connectivity index is 2.55. The van der Waals surface area contributed by atoms with Crippen molar-refractivity contribution in [3.05, 3.63) is 67.6 Å². The molecule has 1 unspecified atom stereocenters. The lowest BCUT2D eigenvalue weighted by atomic mass is 9.99. The first-order valence-corrected chi connectivity index (χ1v) is 7.64. The molecule has 0 amide bonds. The summed E-state index contributed by atoms with van der Waals surface area (Å²) in [7, 11) is 0. The third-order valence-electron chi connectivity index (χ3n) is 2.83. The lowest BCUT2D eigenvalue weighted by Gasteiger charge is -2.18. The fourth-order valence-electron chi connectivity index (χ4n) is 1.87. The highest BCUT2D eigenvalue weighted by Crippen LogP contribution is 2.42. The molecule has 0 bridgehead atoms. The summed E-state index contributed by atoms with van der Waals surface area (Å²) in [6.07, 6.45) is -4.51. The molecule has 2 aromatic carbocycles. The van der Waals surface area contributed by atoms with E-state index in [0.29, 0.717) is 15.1 Å². The fourth-order valence-corrected chi connectivity index (χ4v) is 3.18. The van der Waals surface area contributed by atoms with Crippen LogP contribution in [0.3, 0.4) is 0 Å². The Hall–Kier alpha value is -0.420. The Labute approximate surface area is 142 Å². The van der Waals surface area contributed by atoms with E-state index >= 15 is 0 Å². The van der Waals surface area contributed by atoms with Crippen molar-refractivity contribution in [3.8, 4) is 0 Å². The average Bonchev–Trinajstić information content (AvgIpc) is 2.37. The van der Waals surface area contributed by atoms with Gasteiger partial charge in [0.25, 0.3) is 0 Å². The van der Waals surface area contributed by atoms with Crippen LogP contribution in [0.4, 0.5) is 13.2 Å². The van der Waals surface area contributed by atoms with Crippen molar-refractivity contribution in [1.29, 1.82) is 0 Å². The first-order valence-electron chi connectivity index (χ1n) is 5.66. The summed E-state index contributed by atoms with van der Waals surface area (Å²) in [5, 5.41) is -0.419. The fraction of sp³-hybridized carbons (Fsp3) is 0.143. The van der Waals surface area contributed by atoms with Crippen molar-refractivity contribution in [2.24, 2.45) is 0 Å². The molecular formula is C14H7BrCl3F3. The van der Waals surface area contributed by atoms with E-state index in [0.717, 1.165) is 6.07 Å². The van der Waals surface area contributed by atoms with Gasteiger partial charge in [-0.1, -0.05) is 51.3 Å². The minimum atomic E-state index is -4.51. The number of hydrogen-bond acceptors (Lipinski definition) is 0. The Bertz CT molecular complexity index is 671. The normalized spacial score (nSPS) is 13.3. The van der Waals surface area contributed by atoms with Gasteiger partial charge in [0.1, 0.15) is 0 Å². The molecule has 112 valence electrons. The Morgan fingerprint density at radius 2 is 1.57 bits per heavy atom. The van der Waals surface area contributed by atoms with E-state index in [4.69, 9.17) is 34.8 Å². The summed E-state index contributed by atoms with van der Waals surface area (Å²) >= 11 is 21.0. The number of halogens is 7. The maximum absolute atomic E-state index is 13.1. The van der Waals surface area contributed by atoms with Crippen LogP contribution in [0.15, 0.2) is 40.9 Å². The minimum absolute atomic E-state index is 0.0587. The molecule has 0 aliphatic carbocycles. The summed E-state index contributed by atoms with van der Waals surface area (Å²) in [5.41, 5.74) is -0.491. The monoisotopic (exact) mass is 416 g/mol. The van der Waals surface area contributed by atoms with Crippen molar-refractivity contribution in [2.75, 3.05) is 0 Å². The molecule has 0 saturated carbocycles. The zero-order valence-electron chi connectivity index (χ0n) is 10.2. The molecule has 7 heteroatoms. The molecule has 0 spiro atoms. The van der Waals surface area contributed by atoms with Crippen LogP contribution in [0.2, 0.25) is 10.0 Å². The van der Waals surface area contributed by atoms with E-state index in [-0.39, 0.29) is 10.6 Å². The van der Waals surface area contributed by atoms with E-state index in [2.05, 4.69) is 15.9 Å². The lowest BCUT2D eigenvalue weighted by Crippen LogP contribution is -2.11. The van der Waals surface area contributed by atoms with E-state index in [1.165, 1.54) is 30.3 Å². The summed E-state index contributed by atoms with van der Waals surface area (Å²) < 4.78 is 39.7. The van der Waals surface area contributed by atoms with Crippen LogP contribution in [-0.4, -0.2) is 0 Å². The molecule has 0 aliphatic heterocycles. The molecule has 21 heavy (non-hydrogen) atoms. The summed E-state index contributed by atoms with van der Waals surface area (Å²) in [5.74, 6) is 0. The highest BCUT2D eigenvalue weighted by atomic mass is 79.9. The summed E-state index contributed by atoms with van der Waals surface area (Å²) in [6.45, 7) is 0. The molecule has 1 atom stereocenters. The average molecular weight is 418 g/mol. The predicted molar refractivity (Wildman–Crippen MR) is 83.3 cm³/mol. The first kappa shape index (κ1) is 16.9. The molecule has 0 radical (unpaired) electrons. The van der Waals surface area contributed by atoms with Crippen LogP contribution in [0.25, 0.3) is 0 Å². The second-order valence-electron chi connectivity index (χ2n) is 4.26. The van der Waals surface area contributed by atoms with Crippen molar-refractivity contribution in [2.45, 2.75) is 11.6 Å². The third kappa shape index (κ3) is 3.86. The van der Waals surface area contributed by atoms with Crippen LogP contribution in [0.1, 0.15) is 22.1 Å². The van der Waals surface area contributed by atoms with Gasteiger partial charge in [-0.15, -0.1) is 11.6 Å². The second-order valence-corrected chi connectivity index (χ2v) is 6.45. The van der Waals surface area contributed by atoms with Crippen molar-refractivity contribution >= 4 is 50.7 Å². The van der Waals surface area contributed by atoms with E-state index in [9.17, 15) is 13.2 Å². The highest BCUT2D eigenvalue weighted by molar-refractivity contribution is 9.10. The van der Waals surface area contributed by atoms with Crippen LogP contribution in [-0.2, 0) is 6.18 Å². The standard InChI is InChI=1S/C14H7BrCl3F3/c15-7-1-3-9(11(5-7)14(19,20)21)13(18)10-4-2-8(16)6-12(10)17/h1-6,13H. The van der Waals surface area contributed by atoms with E-state index < -0.39 is 17.1 Å². The molecule has 0 nitrogen and oxygen atoms in total. The molecule has 0 aliphatic rings.